The number of esters is 1. The highest BCUT2D eigenvalue weighted by Crippen LogP contribution is 2.46. The fourth-order valence-electron chi connectivity index (χ4n) is 4.90. The molecule has 0 fully saturated rings. The van der Waals surface area contributed by atoms with Gasteiger partial charge in [0.25, 0.3) is 0 Å². The molecule has 0 amide bonds. The summed E-state index contributed by atoms with van der Waals surface area (Å²) in [5, 5.41) is 3.43. The minimum Gasteiger partial charge on any atom is -0.459 e. The standard InChI is InChI=1S/C29H34N2O3/c1-6-18(2)34-29(33)26-19(3)30-24-16-22(20-10-8-7-9-11-20)17-25(32)28(24)27(26)21-12-14-23(15-13-21)31(4)5/h7-15,18,22,27,30H,6,16-17H2,1-5H3/t18-,22-,27+/m0/s1. The molecular formula is C29H34N2O3. The maximum absolute atomic E-state index is 13.6. The molecule has 1 aliphatic heterocycles. The number of allylic oxidation sites excluding steroid dienone is 3. The molecule has 2 aliphatic rings. The molecule has 178 valence electrons. The topological polar surface area (TPSA) is 58.6 Å². The molecule has 0 bridgehead atoms. The van der Waals surface area contributed by atoms with E-state index < -0.39 is 5.92 Å². The Labute approximate surface area is 202 Å². The first kappa shape index (κ1) is 23.8. The van der Waals surface area contributed by atoms with Gasteiger partial charge in [0.15, 0.2) is 5.78 Å². The predicted octanol–water partition coefficient (Wildman–Crippen LogP) is 5.46. The number of rotatable bonds is 6. The van der Waals surface area contributed by atoms with Crippen LogP contribution in [-0.2, 0) is 14.3 Å². The van der Waals surface area contributed by atoms with Crippen LogP contribution in [0.25, 0.3) is 0 Å². The van der Waals surface area contributed by atoms with E-state index in [0.29, 0.717) is 17.6 Å². The van der Waals surface area contributed by atoms with Gasteiger partial charge in [0.05, 0.1) is 11.7 Å². The number of ketones is 1. The quantitative estimate of drug-likeness (QED) is 0.583. The van der Waals surface area contributed by atoms with E-state index in [1.54, 1.807) is 0 Å². The summed E-state index contributed by atoms with van der Waals surface area (Å²) in [6, 6.07) is 18.3. The first-order valence-corrected chi connectivity index (χ1v) is 12.1. The van der Waals surface area contributed by atoms with Crippen LogP contribution >= 0.6 is 0 Å². The molecule has 5 nitrogen and oxygen atoms in total. The molecule has 34 heavy (non-hydrogen) atoms. The van der Waals surface area contributed by atoms with E-state index in [2.05, 4.69) is 17.4 Å². The largest absolute Gasteiger partial charge is 0.459 e. The highest BCUT2D eigenvalue weighted by molar-refractivity contribution is 6.04. The van der Waals surface area contributed by atoms with E-state index in [4.69, 9.17) is 4.74 Å². The van der Waals surface area contributed by atoms with Gasteiger partial charge in [-0.2, -0.15) is 0 Å². The number of dihydropyridines is 1. The lowest BCUT2D eigenvalue weighted by molar-refractivity contribution is -0.144. The molecule has 1 heterocycles. The third-order valence-corrected chi connectivity index (χ3v) is 6.94. The Morgan fingerprint density at radius 3 is 2.35 bits per heavy atom. The van der Waals surface area contributed by atoms with Crippen molar-refractivity contribution in [1.82, 2.24) is 5.32 Å². The number of ether oxygens (including phenoxy) is 1. The van der Waals surface area contributed by atoms with Crippen molar-refractivity contribution in [1.29, 1.82) is 0 Å². The van der Waals surface area contributed by atoms with Gasteiger partial charge in [0.2, 0.25) is 0 Å². The van der Waals surface area contributed by atoms with Gasteiger partial charge >= 0.3 is 5.97 Å². The smallest absolute Gasteiger partial charge is 0.337 e. The average Bonchev–Trinajstić information content (AvgIpc) is 2.83. The molecule has 5 heteroatoms. The summed E-state index contributed by atoms with van der Waals surface area (Å²) in [7, 11) is 3.99. The molecule has 4 rings (SSSR count). The van der Waals surface area contributed by atoms with Crippen LogP contribution in [0.4, 0.5) is 5.69 Å². The van der Waals surface area contributed by atoms with E-state index in [0.717, 1.165) is 35.5 Å². The van der Waals surface area contributed by atoms with Gasteiger partial charge in [0, 0.05) is 49.1 Å². The van der Waals surface area contributed by atoms with Gasteiger partial charge in [-0.05, 0) is 55.9 Å². The van der Waals surface area contributed by atoms with Crippen molar-refractivity contribution in [3.63, 3.8) is 0 Å². The second kappa shape index (κ2) is 9.88. The number of nitrogens with zero attached hydrogens (tertiary/aromatic N) is 1. The van der Waals surface area contributed by atoms with Crippen LogP contribution in [0.2, 0.25) is 0 Å². The fourth-order valence-corrected chi connectivity index (χ4v) is 4.90. The van der Waals surface area contributed by atoms with Crippen LogP contribution < -0.4 is 10.2 Å². The Morgan fingerprint density at radius 2 is 1.74 bits per heavy atom. The summed E-state index contributed by atoms with van der Waals surface area (Å²) in [6.07, 6.45) is 1.72. The lowest BCUT2D eigenvalue weighted by Crippen LogP contribution is -2.36. The van der Waals surface area contributed by atoms with Crippen LogP contribution in [0.5, 0.6) is 0 Å². The Kier molecular flexibility index (Phi) is 6.92. The maximum atomic E-state index is 13.6. The Morgan fingerprint density at radius 1 is 1.06 bits per heavy atom. The molecule has 0 saturated carbocycles. The minimum absolute atomic E-state index is 0.0885. The van der Waals surface area contributed by atoms with Crippen molar-refractivity contribution in [3.05, 3.63) is 88.3 Å². The Hall–Kier alpha value is -3.34. The van der Waals surface area contributed by atoms with Crippen LogP contribution in [0.3, 0.4) is 0 Å². The Balaban J connectivity index is 1.78. The SMILES string of the molecule is CC[C@H](C)OC(=O)C1=C(C)NC2=C(C(=O)C[C@@H](c3ccccc3)C2)[C@@H]1c1ccc(N(C)C)cc1. The van der Waals surface area contributed by atoms with Gasteiger partial charge < -0.3 is 15.0 Å². The predicted molar refractivity (Wildman–Crippen MR) is 136 cm³/mol. The zero-order valence-corrected chi connectivity index (χ0v) is 20.7. The molecule has 1 aliphatic carbocycles. The number of Topliss-reactive ketones (excluding diaryl/α,β-unsaturated/α-hetero) is 1. The number of carbonyl (C=O) groups excluding carboxylic acids is 2. The van der Waals surface area contributed by atoms with Crippen LogP contribution in [-0.4, -0.2) is 32.0 Å². The van der Waals surface area contributed by atoms with Gasteiger partial charge in [-0.15, -0.1) is 0 Å². The summed E-state index contributed by atoms with van der Waals surface area (Å²) in [5.74, 6) is -0.581. The third kappa shape index (κ3) is 4.65. The first-order chi connectivity index (χ1) is 16.3. The molecule has 2 aromatic carbocycles. The lowest BCUT2D eigenvalue weighted by atomic mass is 9.71. The molecule has 3 atom stereocenters. The summed E-state index contributed by atoms with van der Waals surface area (Å²) in [5.41, 5.74) is 6.07. The monoisotopic (exact) mass is 458 g/mol. The van der Waals surface area contributed by atoms with E-state index in [1.165, 1.54) is 5.56 Å². The van der Waals surface area contributed by atoms with Gasteiger partial charge in [0.1, 0.15) is 0 Å². The Bertz CT molecular complexity index is 1130. The summed E-state index contributed by atoms with van der Waals surface area (Å²) in [4.78, 5) is 29.0. The summed E-state index contributed by atoms with van der Waals surface area (Å²) < 4.78 is 5.75. The van der Waals surface area contributed by atoms with Crippen molar-refractivity contribution >= 4 is 17.4 Å². The van der Waals surface area contributed by atoms with Crippen LogP contribution in [0.15, 0.2) is 77.1 Å². The highest BCUT2D eigenvalue weighted by Gasteiger charge is 2.41. The summed E-state index contributed by atoms with van der Waals surface area (Å²) >= 11 is 0. The average molecular weight is 459 g/mol. The van der Waals surface area contributed by atoms with Gasteiger partial charge in [-0.3, -0.25) is 4.79 Å². The second-order valence-electron chi connectivity index (χ2n) is 9.54. The van der Waals surface area contributed by atoms with Gasteiger partial charge in [-0.1, -0.05) is 49.4 Å². The number of benzene rings is 2. The number of carbonyl (C=O) groups is 2. The summed E-state index contributed by atoms with van der Waals surface area (Å²) in [6.45, 7) is 5.80. The van der Waals surface area contributed by atoms with E-state index in [1.807, 2.05) is 82.2 Å². The third-order valence-electron chi connectivity index (χ3n) is 6.94. The van der Waals surface area contributed by atoms with Crippen LogP contribution in [0.1, 0.15) is 63.0 Å². The zero-order valence-electron chi connectivity index (χ0n) is 20.7. The van der Waals surface area contributed by atoms with Gasteiger partial charge in [-0.25, -0.2) is 4.79 Å². The number of anilines is 1. The van der Waals surface area contributed by atoms with E-state index >= 15 is 0 Å². The normalized spacial score (nSPS) is 21.0. The van der Waals surface area contributed by atoms with Crippen LogP contribution in [0, 0.1) is 0 Å². The second-order valence-corrected chi connectivity index (χ2v) is 9.54. The maximum Gasteiger partial charge on any atom is 0.337 e. The first-order valence-electron chi connectivity index (χ1n) is 12.1. The molecule has 0 aromatic heterocycles. The van der Waals surface area contributed by atoms with Crippen molar-refractivity contribution in [3.8, 4) is 0 Å². The highest BCUT2D eigenvalue weighted by atomic mass is 16.5. The molecule has 2 aromatic rings. The molecule has 0 spiro atoms. The van der Waals surface area contributed by atoms with Crippen molar-refractivity contribution in [2.24, 2.45) is 0 Å². The van der Waals surface area contributed by atoms with Crippen molar-refractivity contribution in [2.45, 2.75) is 58.0 Å². The van der Waals surface area contributed by atoms with Crippen molar-refractivity contribution in [2.75, 3.05) is 19.0 Å². The molecule has 0 radical (unpaired) electrons. The van der Waals surface area contributed by atoms with Crippen molar-refractivity contribution < 1.29 is 14.3 Å². The molecule has 1 N–H and O–H groups in total. The lowest BCUT2D eigenvalue weighted by Gasteiger charge is -2.37. The fraction of sp³-hybridized carbons (Fsp3) is 0.379. The number of nitrogens with one attached hydrogen (secondary N) is 1. The number of hydrogen-bond donors (Lipinski definition) is 1. The van der Waals surface area contributed by atoms with E-state index in [-0.39, 0.29) is 23.8 Å². The minimum atomic E-state index is -0.437. The molecule has 0 unspecified atom stereocenters. The zero-order chi connectivity index (χ0) is 24.4. The van der Waals surface area contributed by atoms with E-state index in [9.17, 15) is 9.59 Å². The molecule has 0 saturated heterocycles. The number of hydrogen-bond acceptors (Lipinski definition) is 5. The molecular weight excluding hydrogens is 424 g/mol.